The first-order valence-electron chi connectivity index (χ1n) is 5.07. The van der Waals surface area contributed by atoms with E-state index in [9.17, 15) is 4.79 Å². The summed E-state index contributed by atoms with van der Waals surface area (Å²) >= 11 is 0. The molecule has 0 aromatic heterocycles. The highest BCUT2D eigenvalue weighted by Crippen LogP contribution is 2.09. The molecule has 0 saturated carbocycles. The van der Waals surface area contributed by atoms with Crippen molar-refractivity contribution in [1.29, 1.82) is 0 Å². The first kappa shape index (κ1) is 11.7. The summed E-state index contributed by atoms with van der Waals surface area (Å²) in [6.07, 6.45) is 1.14. The summed E-state index contributed by atoms with van der Waals surface area (Å²) in [6.45, 7) is 3.83. The minimum absolute atomic E-state index is 0.0639. The third kappa shape index (κ3) is 4.13. The van der Waals surface area contributed by atoms with Gasteiger partial charge >= 0.3 is 0 Å². The van der Waals surface area contributed by atoms with E-state index < -0.39 is 0 Å². The molecule has 1 rings (SSSR count). The van der Waals surface area contributed by atoms with Crippen LogP contribution in [0.1, 0.15) is 19.4 Å². The van der Waals surface area contributed by atoms with Crippen molar-refractivity contribution in [2.75, 3.05) is 5.73 Å². The summed E-state index contributed by atoms with van der Waals surface area (Å²) in [4.78, 5) is 10.8. The number of nitrogens with two attached hydrogens (primary N) is 1. The average Bonchev–Trinajstić information content (AvgIpc) is 2.19. The minimum atomic E-state index is -0.367. The molecule has 0 radical (unpaired) electrons. The summed E-state index contributed by atoms with van der Waals surface area (Å²) in [7, 11) is 0. The Morgan fingerprint density at radius 1 is 1.33 bits per heavy atom. The zero-order chi connectivity index (χ0) is 11.3. The predicted molar refractivity (Wildman–Crippen MR) is 60.6 cm³/mol. The minimum Gasteiger partial charge on any atom is -0.399 e. The lowest BCUT2D eigenvalue weighted by Crippen LogP contribution is -2.21. The van der Waals surface area contributed by atoms with E-state index in [2.05, 4.69) is 0 Å². The number of aldehydes is 1. The van der Waals surface area contributed by atoms with Crippen LogP contribution in [-0.4, -0.2) is 18.5 Å². The summed E-state index contributed by atoms with van der Waals surface area (Å²) in [5.41, 5.74) is 7.36. The van der Waals surface area contributed by atoms with Crippen molar-refractivity contribution in [1.82, 2.24) is 0 Å². The molecule has 0 bridgehead atoms. The molecule has 0 heterocycles. The zero-order valence-electron chi connectivity index (χ0n) is 9.14. The number of anilines is 1. The Kier molecular flexibility index (Phi) is 4.31. The van der Waals surface area contributed by atoms with Gasteiger partial charge in [0.05, 0.1) is 6.10 Å². The van der Waals surface area contributed by atoms with Crippen molar-refractivity contribution >= 4 is 12.0 Å². The van der Waals surface area contributed by atoms with Gasteiger partial charge in [-0.2, -0.15) is 0 Å². The SMILES string of the molecule is CC(C)OC(C=O)Cc1ccc(N)cc1. The highest BCUT2D eigenvalue weighted by atomic mass is 16.5. The molecule has 0 fully saturated rings. The van der Waals surface area contributed by atoms with Gasteiger partial charge in [-0.05, 0) is 31.5 Å². The van der Waals surface area contributed by atoms with Gasteiger partial charge in [-0.3, -0.25) is 0 Å². The average molecular weight is 207 g/mol. The number of carbonyl (C=O) groups is 1. The largest absolute Gasteiger partial charge is 0.399 e. The van der Waals surface area contributed by atoms with Gasteiger partial charge in [-0.15, -0.1) is 0 Å². The molecule has 2 N–H and O–H groups in total. The van der Waals surface area contributed by atoms with E-state index >= 15 is 0 Å². The van der Waals surface area contributed by atoms with Crippen LogP contribution in [-0.2, 0) is 16.0 Å². The second kappa shape index (κ2) is 5.51. The van der Waals surface area contributed by atoms with E-state index in [1.54, 1.807) is 0 Å². The second-order valence-corrected chi connectivity index (χ2v) is 3.81. The molecule has 0 aliphatic carbocycles. The maximum atomic E-state index is 10.8. The molecule has 82 valence electrons. The third-order valence-electron chi connectivity index (χ3n) is 2.02. The highest BCUT2D eigenvalue weighted by Gasteiger charge is 2.10. The molecule has 1 aromatic carbocycles. The van der Waals surface area contributed by atoms with Crippen LogP contribution in [0.4, 0.5) is 5.69 Å². The smallest absolute Gasteiger partial charge is 0.149 e. The van der Waals surface area contributed by atoms with Crippen molar-refractivity contribution in [3.8, 4) is 0 Å². The molecular formula is C12H17NO2. The van der Waals surface area contributed by atoms with Gasteiger partial charge in [0, 0.05) is 12.1 Å². The maximum Gasteiger partial charge on any atom is 0.149 e. The van der Waals surface area contributed by atoms with Gasteiger partial charge in [0.15, 0.2) is 0 Å². The van der Waals surface area contributed by atoms with Crippen LogP contribution in [0.2, 0.25) is 0 Å². The lowest BCUT2D eigenvalue weighted by Gasteiger charge is -2.14. The highest BCUT2D eigenvalue weighted by molar-refractivity contribution is 5.57. The Morgan fingerprint density at radius 3 is 2.40 bits per heavy atom. The van der Waals surface area contributed by atoms with Crippen LogP contribution >= 0.6 is 0 Å². The predicted octanol–water partition coefficient (Wildman–Crippen LogP) is 1.80. The monoisotopic (exact) mass is 207 g/mol. The van der Waals surface area contributed by atoms with Gasteiger partial charge in [0.25, 0.3) is 0 Å². The normalized spacial score (nSPS) is 12.7. The topological polar surface area (TPSA) is 52.3 Å². The number of ether oxygens (including phenoxy) is 1. The Balaban J connectivity index is 2.58. The number of benzene rings is 1. The first-order chi connectivity index (χ1) is 7.11. The summed E-state index contributed by atoms with van der Waals surface area (Å²) in [5.74, 6) is 0. The fourth-order valence-corrected chi connectivity index (χ4v) is 1.36. The molecule has 3 nitrogen and oxygen atoms in total. The lowest BCUT2D eigenvalue weighted by atomic mass is 10.1. The number of rotatable bonds is 5. The van der Waals surface area contributed by atoms with Crippen molar-refractivity contribution in [3.05, 3.63) is 29.8 Å². The van der Waals surface area contributed by atoms with E-state index in [-0.39, 0.29) is 12.2 Å². The summed E-state index contributed by atoms with van der Waals surface area (Å²) < 4.78 is 5.43. The van der Waals surface area contributed by atoms with Crippen LogP contribution < -0.4 is 5.73 Å². The van der Waals surface area contributed by atoms with Crippen LogP contribution in [0.25, 0.3) is 0 Å². The molecule has 0 spiro atoms. The number of carbonyl (C=O) groups excluding carboxylic acids is 1. The lowest BCUT2D eigenvalue weighted by molar-refractivity contribution is -0.120. The Hall–Kier alpha value is -1.35. The fourth-order valence-electron chi connectivity index (χ4n) is 1.36. The Morgan fingerprint density at radius 2 is 1.93 bits per heavy atom. The molecule has 0 saturated heterocycles. The van der Waals surface area contributed by atoms with Crippen molar-refractivity contribution in [3.63, 3.8) is 0 Å². The van der Waals surface area contributed by atoms with Crippen LogP contribution in [0, 0.1) is 0 Å². The number of hydrogen-bond donors (Lipinski definition) is 1. The third-order valence-corrected chi connectivity index (χ3v) is 2.02. The van der Waals surface area contributed by atoms with E-state index in [0.717, 1.165) is 17.5 Å². The number of hydrogen-bond acceptors (Lipinski definition) is 3. The summed E-state index contributed by atoms with van der Waals surface area (Å²) in [5, 5.41) is 0. The quantitative estimate of drug-likeness (QED) is 0.591. The number of nitrogen functional groups attached to an aromatic ring is 1. The van der Waals surface area contributed by atoms with Crippen LogP contribution in [0.15, 0.2) is 24.3 Å². The van der Waals surface area contributed by atoms with Gasteiger partial charge in [-0.1, -0.05) is 12.1 Å². The Labute approximate surface area is 90.2 Å². The molecule has 0 aliphatic heterocycles. The van der Waals surface area contributed by atoms with Crippen LogP contribution in [0.5, 0.6) is 0 Å². The van der Waals surface area contributed by atoms with Crippen LogP contribution in [0.3, 0.4) is 0 Å². The maximum absolute atomic E-state index is 10.8. The van der Waals surface area contributed by atoms with E-state index in [1.807, 2.05) is 38.1 Å². The van der Waals surface area contributed by atoms with Crippen molar-refractivity contribution in [2.45, 2.75) is 32.5 Å². The second-order valence-electron chi connectivity index (χ2n) is 3.81. The fraction of sp³-hybridized carbons (Fsp3) is 0.417. The van der Waals surface area contributed by atoms with Crippen molar-refractivity contribution < 1.29 is 9.53 Å². The summed E-state index contributed by atoms with van der Waals surface area (Å²) in [6, 6.07) is 7.48. The molecule has 1 unspecified atom stereocenters. The van der Waals surface area contributed by atoms with E-state index in [0.29, 0.717) is 6.42 Å². The standard InChI is InChI=1S/C12H17NO2/c1-9(2)15-12(8-14)7-10-3-5-11(13)6-4-10/h3-6,8-9,12H,7,13H2,1-2H3. The van der Waals surface area contributed by atoms with Crippen molar-refractivity contribution in [2.24, 2.45) is 0 Å². The van der Waals surface area contributed by atoms with Gasteiger partial charge in [-0.25, -0.2) is 0 Å². The molecule has 1 atom stereocenters. The molecular weight excluding hydrogens is 190 g/mol. The molecule has 0 amide bonds. The Bertz CT molecular complexity index is 306. The molecule has 0 aliphatic rings. The molecule has 1 aromatic rings. The van der Waals surface area contributed by atoms with Gasteiger partial charge in [0.2, 0.25) is 0 Å². The van der Waals surface area contributed by atoms with E-state index in [4.69, 9.17) is 10.5 Å². The molecule has 3 heteroatoms. The molecule has 15 heavy (non-hydrogen) atoms. The van der Waals surface area contributed by atoms with Gasteiger partial charge < -0.3 is 15.3 Å². The zero-order valence-corrected chi connectivity index (χ0v) is 9.14. The van der Waals surface area contributed by atoms with E-state index in [1.165, 1.54) is 0 Å². The van der Waals surface area contributed by atoms with Gasteiger partial charge in [0.1, 0.15) is 12.4 Å². The first-order valence-corrected chi connectivity index (χ1v) is 5.07.